The molecule has 0 unspecified atom stereocenters. The van der Waals surface area contributed by atoms with Gasteiger partial charge in [-0.05, 0) is 56.0 Å². The lowest BCUT2D eigenvalue weighted by Crippen LogP contribution is -2.50. The zero-order chi connectivity index (χ0) is 26.8. The molecule has 37 heavy (non-hydrogen) atoms. The topological polar surface area (TPSA) is 96.0 Å². The molecule has 1 atom stereocenters. The van der Waals surface area contributed by atoms with Gasteiger partial charge >= 0.3 is 0 Å². The van der Waals surface area contributed by atoms with E-state index in [1.54, 1.807) is 49.3 Å². The van der Waals surface area contributed by atoms with E-state index in [-0.39, 0.29) is 42.3 Å². The van der Waals surface area contributed by atoms with Crippen molar-refractivity contribution in [3.05, 3.63) is 60.2 Å². The minimum absolute atomic E-state index is 0.131. The summed E-state index contributed by atoms with van der Waals surface area (Å²) in [4.78, 5) is 28.3. The summed E-state index contributed by atoms with van der Waals surface area (Å²) in [6, 6.07) is 15.2. The average Bonchev–Trinajstić information content (AvgIpc) is 2.92. The molecule has 1 saturated carbocycles. The lowest BCUT2D eigenvalue weighted by molar-refractivity contribution is -0.141. The fourth-order valence-electron chi connectivity index (χ4n) is 4.57. The zero-order valence-corrected chi connectivity index (χ0v) is 22.9. The largest absolute Gasteiger partial charge is 0.497 e. The van der Waals surface area contributed by atoms with Gasteiger partial charge in [0.1, 0.15) is 11.8 Å². The molecule has 0 aliphatic heterocycles. The molecule has 9 heteroatoms. The second kappa shape index (κ2) is 13.6. The summed E-state index contributed by atoms with van der Waals surface area (Å²) in [7, 11) is -0.515. The Balaban J connectivity index is 1.66. The van der Waals surface area contributed by atoms with Crippen LogP contribution in [0.1, 0.15) is 57.4 Å². The van der Waals surface area contributed by atoms with Crippen molar-refractivity contribution in [2.45, 2.75) is 75.4 Å². The maximum atomic E-state index is 13.4. The van der Waals surface area contributed by atoms with Gasteiger partial charge in [-0.3, -0.25) is 9.59 Å². The van der Waals surface area contributed by atoms with Gasteiger partial charge in [0.15, 0.2) is 0 Å². The Hall–Kier alpha value is -2.91. The van der Waals surface area contributed by atoms with E-state index in [1.165, 1.54) is 17.8 Å². The number of nitrogens with zero attached hydrogens (tertiary/aromatic N) is 2. The summed E-state index contributed by atoms with van der Waals surface area (Å²) in [5.74, 6) is 0.373. The first-order valence-electron chi connectivity index (χ1n) is 13.0. The molecule has 0 heterocycles. The van der Waals surface area contributed by atoms with Crippen molar-refractivity contribution in [3.8, 4) is 5.75 Å². The molecule has 2 aromatic rings. The predicted molar refractivity (Wildman–Crippen MR) is 144 cm³/mol. The first kappa shape index (κ1) is 28.7. The number of methoxy groups -OCH3 is 1. The SMILES string of the molecule is COc1ccc(CN(C(=O)CCCN(C)S(=O)(=O)c2ccccc2)[C@H](C)C(=O)NC2CCCCC2)cc1. The summed E-state index contributed by atoms with van der Waals surface area (Å²) in [5.41, 5.74) is 0.884. The van der Waals surface area contributed by atoms with E-state index in [1.807, 2.05) is 24.3 Å². The molecule has 0 bridgehead atoms. The van der Waals surface area contributed by atoms with Gasteiger partial charge in [-0.2, -0.15) is 0 Å². The average molecular weight is 530 g/mol. The van der Waals surface area contributed by atoms with Crippen molar-refractivity contribution in [2.75, 3.05) is 20.7 Å². The van der Waals surface area contributed by atoms with Crippen molar-refractivity contribution in [2.24, 2.45) is 0 Å². The molecular formula is C28H39N3O5S. The van der Waals surface area contributed by atoms with Gasteiger partial charge in [0.25, 0.3) is 0 Å². The number of amides is 2. The summed E-state index contributed by atoms with van der Waals surface area (Å²) < 4.78 is 32.1. The van der Waals surface area contributed by atoms with Gasteiger partial charge in [0.2, 0.25) is 21.8 Å². The molecule has 0 radical (unpaired) electrons. The molecule has 1 aliphatic rings. The number of hydrogen-bond acceptors (Lipinski definition) is 5. The third-order valence-electron chi connectivity index (χ3n) is 6.95. The van der Waals surface area contributed by atoms with E-state index in [0.717, 1.165) is 31.2 Å². The van der Waals surface area contributed by atoms with Gasteiger partial charge < -0.3 is 15.0 Å². The first-order chi connectivity index (χ1) is 17.7. The highest BCUT2D eigenvalue weighted by Crippen LogP contribution is 2.20. The van der Waals surface area contributed by atoms with E-state index in [9.17, 15) is 18.0 Å². The van der Waals surface area contributed by atoms with Crippen LogP contribution >= 0.6 is 0 Å². The van der Waals surface area contributed by atoms with Crippen LogP contribution in [-0.2, 0) is 26.2 Å². The first-order valence-corrected chi connectivity index (χ1v) is 14.4. The number of nitrogens with one attached hydrogen (secondary N) is 1. The second-order valence-corrected chi connectivity index (χ2v) is 11.7. The Labute approximate surface area is 221 Å². The lowest BCUT2D eigenvalue weighted by Gasteiger charge is -2.31. The summed E-state index contributed by atoms with van der Waals surface area (Å²) in [5, 5.41) is 3.13. The molecule has 202 valence electrons. The predicted octanol–water partition coefficient (Wildman–Crippen LogP) is 3.96. The van der Waals surface area contributed by atoms with E-state index < -0.39 is 16.1 Å². The lowest BCUT2D eigenvalue weighted by atomic mass is 9.95. The zero-order valence-electron chi connectivity index (χ0n) is 22.1. The van der Waals surface area contributed by atoms with E-state index in [0.29, 0.717) is 12.2 Å². The highest BCUT2D eigenvalue weighted by atomic mass is 32.2. The standard InChI is InChI=1S/C28H39N3O5S/c1-22(28(33)29-24-11-6-4-7-12-24)31(21-23-16-18-25(36-3)19-17-23)27(32)15-10-20-30(2)37(34,35)26-13-8-5-9-14-26/h5,8-9,13-14,16-19,22,24H,4,6-7,10-12,15,20-21H2,1-3H3,(H,29,33)/t22-/m1/s1. The van der Waals surface area contributed by atoms with Crippen LogP contribution in [0.4, 0.5) is 0 Å². The minimum atomic E-state index is -3.63. The van der Waals surface area contributed by atoms with Gasteiger partial charge in [-0.15, -0.1) is 0 Å². The Morgan fingerprint density at radius 2 is 1.68 bits per heavy atom. The second-order valence-electron chi connectivity index (χ2n) is 9.63. The molecule has 8 nitrogen and oxygen atoms in total. The molecule has 0 saturated heterocycles. The van der Waals surface area contributed by atoms with Crippen molar-refractivity contribution >= 4 is 21.8 Å². The molecule has 0 aromatic heterocycles. The molecule has 3 rings (SSSR count). The normalized spacial score (nSPS) is 15.2. The van der Waals surface area contributed by atoms with Crippen LogP contribution in [0.5, 0.6) is 5.75 Å². The Morgan fingerprint density at radius 3 is 2.30 bits per heavy atom. The Morgan fingerprint density at radius 1 is 1.03 bits per heavy atom. The van der Waals surface area contributed by atoms with E-state index >= 15 is 0 Å². The molecule has 1 aliphatic carbocycles. The number of carbonyl (C=O) groups is 2. The number of benzene rings is 2. The van der Waals surface area contributed by atoms with Crippen molar-refractivity contribution < 1.29 is 22.7 Å². The number of ether oxygens (including phenoxy) is 1. The maximum Gasteiger partial charge on any atom is 0.242 e. The van der Waals surface area contributed by atoms with Crippen molar-refractivity contribution in [3.63, 3.8) is 0 Å². The fourth-order valence-corrected chi connectivity index (χ4v) is 5.80. The third kappa shape index (κ3) is 8.04. The molecule has 0 spiro atoms. The van der Waals surface area contributed by atoms with E-state index in [2.05, 4.69) is 5.32 Å². The van der Waals surface area contributed by atoms with Gasteiger partial charge in [-0.1, -0.05) is 49.6 Å². The van der Waals surface area contributed by atoms with Crippen LogP contribution in [0.2, 0.25) is 0 Å². The van der Waals surface area contributed by atoms with Crippen LogP contribution in [0.15, 0.2) is 59.5 Å². The van der Waals surface area contributed by atoms with Crippen LogP contribution in [0.25, 0.3) is 0 Å². The van der Waals surface area contributed by atoms with Crippen LogP contribution < -0.4 is 10.1 Å². The monoisotopic (exact) mass is 529 g/mol. The number of rotatable bonds is 12. The number of hydrogen-bond donors (Lipinski definition) is 1. The molecule has 1 fully saturated rings. The highest BCUT2D eigenvalue weighted by Gasteiger charge is 2.28. The minimum Gasteiger partial charge on any atom is -0.497 e. The van der Waals surface area contributed by atoms with E-state index in [4.69, 9.17) is 4.74 Å². The fraction of sp³-hybridized carbons (Fsp3) is 0.500. The molecule has 2 amide bonds. The third-order valence-corrected chi connectivity index (χ3v) is 8.82. The highest BCUT2D eigenvalue weighted by molar-refractivity contribution is 7.89. The summed E-state index contributed by atoms with van der Waals surface area (Å²) in [6.07, 6.45) is 5.81. The molecule has 1 N–H and O–H groups in total. The van der Waals surface area contributed by atoms with Crippen molar-refractivity contribution in [1.29, 1.82) is 0 Å². The van der Waals surface area contributed by atoms with Gasteiger partial charge in [0, 0.05) is 32.6 Å². The molecular weight excluding hydrogens is 490 g/mol. The quantitative estimate of drug-likeness (QED) is 0.449. The smallest absolute Gasteiger partial charge is 0.242 e. The van der Waals surface area contributed by atoms with Gasteiger partial charge in [-0.25, -0.2) is 12.7 Å². The number of carbonyl (C=O) groups excluding carboxylic acids is 2. The van der Waals surface area contributed by atoms with Crippen molar-refractivity contribution in [1.82, 2.24) is 14.5 Å². The Kier molecular flexibility index (Phi) is 10.5. The van der Waals surface area contributed by atoms with Crippen LogP contribution in [0.3, 0.4) is 0 Å². The van der Waals surface area contributed by atoms with Crippen LogP contribution in [-0.4, -0.2) is 62.2 Å². The number of sulfonamides is 1. The van der Waals surface area contributed by atoms with Gasteiger partial charge in [0.05, 0.1) is 12.0 Å². The summed E-state index contributed by atoms with van der Waals surface area (Å²) in [6.45, 7) is 2.23. The Bertz CT molecular complexity index is 1120. The van der Waals surface area contributed by atoms with Crippen LogP contribution in [0, 0.1) is 0 Å². The summed E-state index contributed by atoms with van der Waals surface area (Å²) >= 11 is 0. The molecule has 2 aromatic carbocycles. The maximum absolute atomic E-state index is 13.4.